The van der Waals surface area contributed by atoms with E-state index in [4.69, 9.17) is 9.47 Å². The van der Waals surface area contributed by atoms with Crippen LogP contribution in [-0.2, 0) is 14.3 Å². The lowest BCUT2D eigenvalue weighted by molar-refractivity contribution is -0.131. The lowest BCUT2D eigenvalue weighted by atomic mass is 10.0. The molecule has 0 unspecified atom stereocenters. The molecule has 0 atom stereocenters. The highest BCUT2D eigenvalue weighted by Gasteiger charge is 2.56. The maximum atomic E-state index is 13.0. The Hall–Kier alpha value is -3.06. The number of benzene rings is 2. The van der Waals surface area contributed by atoms with Crippen LogP contribution in [0.2, 0.25) is 0 Å². The van der Waals surface area contributed by atoms with Gasteiger partial charge in [0, 0.05) is 18.8 Å². The summed E-state index contributed by atoms with van der Waals surface area (Å²) in [5.41, 5.74) is 1.31. The van der Waals surface area contributed by atoms with Crippen LogP contribution >= 0.6 is 0 Å². The molecule has 1 aliphatic carbocycles. The summed E-state index contributed by atoms with van der Waals surface area (Å²) in [6.07, 6.45) is 1.08. The minimum absolute atomic E-state index is 0.260. The van der Waals surface area contributed by atoms with E-state index in [1.54, 1.807) is 31.4 Å². The Morgan fingerprint density at radius 1 is 0.966 bits per heavy atom. The molecule has 29 heavy (non-hydrogen) atoms. The van der Waals surface area contributed by atoms with Crippen molar-refractivity contribution in [1.29, 1.82) is 0 Å². The number of carbonyl (C=O) groups is 2. The third-order valence-corrected chi connectivity index (χ3v) is 5.47. The van der Waals surface area contributed by atoms with Gasteiger partial charge in [0.15, 0.2) is 0 Å². The Bertz CT molecular complexity index is 887. The minimum Gasteiger partial charge on any atom is -0.497 e. The van der Waals surface area contributed by atoms with Gasteiger partial charge in [-0.05, 0) is 49.2 Å². The lowest BCUT2D eigenvalue weighted by Gasteiger charge is -2.30. The molecule has 7 heteroatoms. The maximum Gasteiger partial charge on any atom is 0.240 e. The van der Waals surface area contributed by atoms with E-state index in [0.717, 1.165) is 24.5 Å². The summed E-state index contributed by atoms with van der Waals surface area (Å²) in [6.45, 7) is 2.87. The summed E-state index contributed by atoms with van der Waals surface area (Å²) in [6, 6.07) is 14.8. The number of amides is 2. The fraction of sp³-hybridized carbons (Fsp3) is 0.364. The van der Waals surface area contributed by atoms with Gasteiger partial charge < -0.3 is 25.0 Å². The lowest BCUT2D eigenvalue weighted by Crippen LogP contribution is -2.38. The summed E-state index contributed by atoms with van der Waals surface area (Å²) >= 11 is 0. The van der Waals surface area contributed by atoms with Crippen LogP contribution in [-0.4, -0.2) is 45.2 Å². The molecule has 4 rings (SSSR count). The summed E-state index contributed by atoms with van der Waals surface area (Å²) in [5, 5.41) is 5.85. The van der Waals surface area contributed by atoms with Crippen molar-refractivity contribution in [3.63, 3.8) is 0 Å². The van der Waals surface area contributed by atoms with Gasteiger partial charge in [0.1, 0.15) is 11.2 Å². The number of hydrogen-bond donors (Lipinski definition) is 2. The molecule has 2 fully saturated rings. The SMILES string of the molecule is COc1ccc(NC(=O)C2(C(=O)Nc3ccccc3N3CCOCC3)CC2)cc1. The molecule has 1 saturated heterocycles. The summed E-state index contributed by atoms with van der Waals surface area (Å²) in [5.74, 6) is 0.176. The minimum atomic E-state index is -1.02. The summed E-state index contributed by atoms with van der Waals surface area (Å²) in [4.78, 5) is 28.1. The standard InChI is InChI=1S/C22H25N3O4/c1-28-17-8-6-16(7-9-17)23-20(26)22(10-11-22)21(27)24-18-4-2-3-5-19(18)25-12-14-29-15-13-25/h2-9H,10-15H2,1H3,(H,23,26)(H,24,27). The molecule has 0 bridgehead atoms. The molecule has 2 amide bonds. The van der Waals surface area contributed by atoms with Gasteiger partial charge in [-0.15, -0.1) is 0 Å². The molecule has 2 aromatic rings. The molecule has 0 aromatic heterocycles. The third-order valence-electron chi connectivity index (χ3n) is 5.47. The van der Waals surface area contributed by atoms with Gasteiger partial charge in [0.25, 0.3) is 0 Å². The smallest absolute Gasteiger partial charge is 0.240 e. The van der Waals surface area contributed by atoms with E-state index in [1.165, 1.54) is 0 Å². The fourth-order valence-corrected chi connectivity index (χ4v) is 3.51. The van der Waals surface area contributed by atoms with Gasteiger partial charge in [0.05, 0.1) is 31.7 Å². The van der Waals surface area contributed by atoms with Gasteiger partial charge in [-0.3, -0.25) is 9.59 Å². The van der Waals surface area contributed by atoms with Crippen molar-refractivity contribution in [1.82, 2.24) is 0 Å². The predicted molar refractivity (Wildman–Crippen MR) is 111 cm³/mol. The normalized spacial score (nSPS) is 17.3. The quantitative estimate of drug-likeness (QED) is 0.736. The number of rotatable bonds is 6. The highest BCUT2D eigenvalue weighted by Crippen LogP contribution is 2.48. The number of hydrogen-bond acceptors (Lipinski definition) is 5. The summed E-state index contributed by atoms with van der Waals surface area (Å²) < 4.78 is 10.6. The first-order chi connectivity index (χ1) is 14.1. The molecular formula is C22H25N3O4. The second kappa shape index (κ2) is 8.13. The first kappa shape index (κ1) is 19.3. The number of nitrogens with one attached hydrogen (secondary N) is 2. The van der Waals surface area contributed by atoms with Crippen LogP contribution in [0.5, 0.6) is 5.75 Å². The largest absolute Gasteiger partial charge is 0.497 e. The number of methoxy groups -OCH3 is 1. The van der Waals surface area contributed by atoms with Gasteiger partial charge >= 0.3 is 0 Å². The van der Waals surface area contributed by atoms with Gasteiger partial charge in [-0.1, -0.05) is 12.1 Å². The highest BCUT2D eigenvalue weighted by atomic mass is 16.5. The van der Waals surface area contributed by atoms with Crippen LogP contribution in [0.1, 0.15) is 12.8 Å². The number of para-hydroxylation sites is 2. The Labute approximate surface area is 170 Å². The van der Waals surface area contributed by atoms with Gasteiger partial charge in [-0.2, -0.15) is 0 Å². The average molecular weight is 395 g/mol. The monoisotopic (exact) mass is 395 g/mol. The van der Waals surface area contributed by atoms with Crippen molar-refractivity contribution in [3.8, 4) is 5.75 Å². The zero-order valence-corrected chi connectivity index (χ0v) is 16.4. The van der Waals surface area contributed by atoms with Gasteiger partial charge in [0.2, 0.25) is 11.8 Å². The third kappa shape index (κ3) is 4.05. The van der Waals surface area contributed by atoms with Crippen LogP contribution in [0.4, 0.5) is 17.1 Å². The zero-order valence-electron chi connectivity index (χ0n) is 16.4. The number of carbonyl (C=O) groups excluding carboxylic acids is 2. The molecule has 0 spiro atoms. The number of morpholine rings is 1. The average Bonchev–Trinajstić information content (AvgIpc) is 3.58. The maximum absolute atomic E-state index is 13.0. The number of anilines is 3. The van der Waals surface area contributed by atoms with Crippen molar-refractivity contribution < 1.29 is 19.1 Å². The van der Waals surface area contributed by atoms with Crippen LogP contribution in [0.25, 0.3) is 0 Å². The molecule has 1 heterocycles. The molecule has 1 saturated carbocycles. The molecular weight excluding hydrogens is 370 g/mol. The Balaban J connectivity index is 1.46. The van der Waals surface area contributed by atoms with Crippen LogP contribution in [0.3, 0.4) is 0 Å². The van der Waals surface area contributed by atoms with Crippen molar-refractivity contribution in [2.24, 2.45) is 5.41 Å². The van der Waals surface area contributed by atoms with E-state index >= 15 is 0 Å². The second-order valence-electron chi connectivity index (χ2n) is 7.34. The summed E-state index contributed by atoms with van der Waals surface area (Å²) in [7, 11) is 1.59. The highest BCUT2D eigenvalue weighted by molar-refractivity contribution is 6.17. The van der Waals surface area contributed by atoms with Crippen LogP contribution in [0, 0.1) is 5.41 Å². The van der Waals surface area contributed by atoms with Crippen LogP contribution < -0.4 is 20.3 Å². The Morgan fingerprint density at radius 2 is 1.62 bits per heavy atom. The van der Waals surface area contributed by atoms with Crippen molar-refractivity contribution >= 4 is 28.9 Å². The first-order valence-electron chi connectivity index (χ1n) is 9.81. The van der Waals surface area contributed by atoms with Crippen molar-refractivity contribution in [3.05, 3.63) is 48.5 Å². The Morgan fingerprint density at radius 3 is 2.28 bits per heavy atom. The number of nitrogens with zero attached hydrogens (tertiary/aromatic N) is 1. The van der Waals surface area contributed by atoms with Crippen LogP contribution in [0.15, 0.2) is 48.5 Å². The molecule has 152 valence electrons. The molecule has 2 aliphatic rings. The second-order valence-corrected chi connectivity index (χ2v) is 7.34. The Kier molecular flexibility index (Phi) is 5.40. The van der Waals surface area contributed by atoms with E-state index in [2.05, 4.69) is 15.5 Å². The molecule has 7 nitrogen and oxygen atoms in total. The predicted octanol–water partition coefficient (Wildman–Crippen LogP) is 2.89. The van der Waals surface area contributed by atoms with E-state index in [0.29, 0.717) is 37.5 Å². The zero-order chi connectivity index (χ0) is 20.3. The molecule has 1 aliphatic heterocycles. The fourth-order valence-electron chi connectivity index (χ4n) is 3.51. The van der Waals surface area contributed by atoms with E-state index in [1.807, 2.05) is 24.3 Å². The van der Waals surface area contributed by atoms with E-state index in [-0.39, 0.29) is 11.8 Å². The molecule has 0 radical (unpaired) electrons. The topological polar surface area (TPSA) is 79.9 Å². The number of ether oxygens (including phenoxy) is 2. The van der Waals surface area contributed by atoms with Crippen molar-refractivity contribution in [2.75, 3.05) is 48.9 Å². The van der Waals surface area contributed by atoms with E-state index < -0.39 is 5.41 Å². The molecule has 2 N–H and O–H groups in total. The van der Waals surface area contributed by atoms with Gasteiger partial charge in [-0.25, -0.2) is 0 Å². The van der Waals surface area contributed by atoms with Crippen molar-refractivity contribution in [2.45, 2.75) is 12.8 Å². The first-order valence-corrected chi connectivity index (χ1v) is 9.81. The van der Waals surface area contributed by atoms with E-state index in [9.17, 15) is 9.59 Å². The molecule has 2 aromatic carbocycles.